The zero-order chi connectivity index (χ0) is 18.6. The van der Waals surface area contributed by atoms with Crippen LogP contribution in [-0.2, 0) is 5.41 Å². The molecule has 4 nitrogen and oxygen atoms in total. The summed E-state index contributed by atoms with van der Waals surface area (Å²) in [7, 11) is 0. The van der Waals surface area contributed by atoms with Crippen molar-refractivity contribution in [3.8, 4) is 0 Å². The molecule has 0 unspecified atom stereocenters. The quantitative estimate of drug-likeness (QED) is 0.527. The lowest BCUT2D eigenvalue weighted by Gasteiger charge is -2.57. The molecule has 0 heterocycles. The Morgan fingerprint density at radius 3 is 2.00 bits per heavy atom. The van der Waals surface area contributed by atoms with Crippen LogP contribution >= 0.6 is 0 Å². The van der Waals surface area contributed by atoms with Gasteiger partial charge in [0.2, 0.25) is 0 Å². The van der Waals surface area contributed by atoms with Crippen LogP contribution in [0.2, 0.25) is 0 Å². The van der Waals surface area contributed by atoms with E-state index in [-0.39, 0.29) is 10.6 Å². The van der Waals surface area contributed by atoms with Crippen molar-refractivity contribution < 1.29 is 4.92 Å². The molecule has 0 atom stereocenters. The van der Waals surface area contributed by atoms with Crippen molar-refractivity contribution in [2.24, 2.45) is 17.8 Å². The topological polar surface area (TPSA) is 55.2 Å². The van der Waals surface area contributed by atoms with Crippen LogP contribution in [0.3, 0.4) is 0 Å². The van der Waals surface area contributed by atoms with Crippen molar-refractivity contribution in [3.63, 3.8) is 0 Å². The molecule has 1 N–H and O–H groups in total. The van der Waals surface area contributed by atoms with E-state index in [0.717, 1.165) is 29.1 Å². The second-order valence-corrected chi connectivity index (χ2v) is 9.16. The van der Waals surface area contributed by atoms with E-state index in [2.05, 4.69) is 29.6 Å². The zero-order valence-electron chi connectivity index (χ0n) is 15.8. The van der Waals surface area contributed by atoms with Gasteiger partial charge in [0, 0.05) is 23.0 Å². The predicted octanol–water partition coefficient (Wildman–Crippen LogP) is 6.11. The monoisotopic (exact) mass is 362 g/mol. The summed E-state index contributed by atoms with van der Waals surface area (Å²) in [4.78, 5) is 10.6. The second kappa shape index (κ2) is 6.08. The van der Waals surface area contributed by atoms with Crippen LogP contribution in [0.25, 0.3) is 0 Å². The van der Waals surface area contributed by atoms with Crippen molar-refractivity contribution in [1.82, 2.24) is 0 Å². The minimum Gasteiger partial charge on any atom is -0.356 e. The summed E-state index contributed by atoms with van der Waals surface area (Å²) < 4.78 is 0. The van der Waals surface area contributed by atoms with Gasteiger partial charge < -0.3 is 5.32 Å². The summed E-state index contributed by atoms with van der Waals surface area (Å²) in [6.07, 6.45) is 8.56. The summed E-state index contributed by atoms with van der Waals surface area (Å²) in [5, 5.41) is 14.4. The molecule has 4 fully saturated rings. The number of benzene rings is 2. The van der Waals surface area contributed by atoms with Crippen LogP contribution in [-0.4, -0.2) is 4.92 Å². The van der Waals surface area contributed by atoms with Gasteiger partial charge in [0.05, 0.1) is 4.92 Å². The highest BCUT2D eigenvalue weighted by molar-refractivity contribution is 5.63. The van der Waals surface area contributed by atoms with Gasteiger partial charge in [-0.2, -0.15) is 0 Å². The first-order chi connectivity index (χ1) is 13.0. The fourth-order valence-electron chi connectivity index (χ4n) is 6.48. The Hall–Kier alpha value is -2.36. The zero-order valence-corrected chi connectivity index (χ0v) is 15.8. The Balaban J connectivity index is 1.35. The van der Waals surface area contributed by atoms with Crippen molar-refractivity contribution in [3.05, 3.63) is 63.7 Å². The summed E-state index contributed by atoms with van der Waals surface area (Å²) in [5.41, 5.74) is 4.72. The van der Waals surface area contributed by atoms with Gasteiger partial charge in [0.15, 0.2) is 0 Å². The minimum atomic E-state index is -0.334. The molecule has 0 aliphatic heterocycles. The fourth-order valence-corrected chi connectivity index (χ4v) is 6.48. The highest BCUT2D eigenvalue weighted by atomic mass is 16.6. The molecule has 0 saturated heterocycles. The number of hydrogen-bond donors (Lipinski definition) is 1. The third-order valence-electron chi connectivity index (χ3n) is 7.22. The second-order valence-electron chi connectivity index (χ2n) is 9.16. The van der Waals surface area contributed by atoms with Gasteiger partial charge in [-0.25, -0.2) is 0 Å². The van der Waals surface area contributed by atoms with Gasteiger partial charge >= 0.3 is 0 Å². The van der Waals surface area contributed by atoms with Gasteiger partial charge in [-0.1, -0.05) is 12.1 Å². The summed E-state index contributed by atoms with van der Waals surface area (Å²) >= 11 is 0. The molecule has 4 aliphatic rings. The molecule has 4 aliphatic carbocycles. The van der Waals surface area contributed by atoms with Crippen molar-refractivity contribution >= 4 is 17.1 Å². The van der Waals surface area contributed by atoms with Crippen molar-refractivity contribution in [2.45, 2.75) is 50.9 Å². The van der Waals surface area contributed by atoms with Crippen LogP contribution < -0.4 is 5.32 Å². The van der Waals surface area contributed by atoms with Gasteiger partial charge in [0.1, 0.15) is 0 Å². The number of rotatable bonds is 4. The molecule has 4 saturated carbocycles. The van der Waals surface area contributed by atoms with E-state index in [4.69, 9.17) is 0 Å². The molecular formula is C23H26N2O2. The number of aryl methyl sites for hydroxylation is 1. The molecule has 0 spiro atoms. The van der Waals surface area contributed by atoms with Crippen LogP contribution in [0.1, 0.15) is 49.7 Å². The molecule has 27 heavy (non-hydrogen) atoms. The highest BCUT2D eigenvalue weighted by Gasteiger charge is 2.51. The molecule has 0 aromatic heterocycles. The lowest BCUT2D eigenvalue weighted by atomic mass is 9.48. The molecule has 140 valence electrons. The largest absolute Gasteiger partial charge is 0.356 e. The summed E-state index contributed by atoms with van der Waals surface area (Å²) in [6.45, 7) is 1.78. The number of anilines is 2. The van der Waals surface area contributed by atoms with E-state index >= 15 is 0 Å². The average Bonchev–Trinajstić information content (AvgIpc) is 2.61. The molecule has 2 aromatic carbocycles. The van der Waals surface area contributed by atoms with Crippen LogP contribution in [0.4, 0.5) is 17.1 Å². The van der Waals surface area contributed by atoms with Crippen molar-refractivity contribution in [2.75, 3.05) is 5.32 Å². The Morgan fingerprint density at radius 2 is 1.48 bits per heavy atom. The third kappa shape index (κ3) is 2.91. The number of hydrogen-bond acceptors (Lipinski definition) is 3. The van der Waals surface area contributed by atoms with E-state index in [1.54, 1.807) is 19.1 Å². The smallest absolute Gasteiger partial charge is 0.272 e. The third-order valence-corrected chi connectivity index (χ3v) is 7.22. The van der Waals surface area contributed by atoms with Crippen molar-refractivity contribution in [1.29, 1.82) is 0 Å². The summed E-state index contributed by atoms with van der Waals surface area (Å²) in [5.74, 6) is 2.87. The maximum atomic E-state index is 11.0. The molecule has 4 bridgehead atoms. The summed E-state index contributed by atoms with van der Waals surface area (Å²) in [6, 6.07) is 14.2. The number of nitro groups is 1. The highest BCUT2D eigenvalue weighted by Crippen LogP contribution is 2.60. The van der Waals surface area contributed by atoms with Crippen LogP contribution in [0.5, 0.6) is 0 Å². The lowest BCUT2D eigenvalue weighted by molar-refractivity contribution is -0.385. The van der Waals surface area contributed by atoms with Gasteiger partial charge in [-0.3, -0.25) is 10.1 Å². The lowest BCUT2D eigenvalue weighted by Crippen LogP contribution is -2.48. The molecule has 6 rings (SSSR count). The van der Waals surface area contributed by atoms with Gasteiger partial charge in [0.25, 0.3) is 5.69 Å². The maximum Gasteiger partial charge on any atom is 0.272 e. The first kappa shape index (κ1) is 16.8. The average molecular weight is 362 g/mol. The van der Waals surface area contributed by atoms with Crippen LogP contribution in [0.15, 0.2) is 42.5 Å². The number of nitrogens with zero attached hydrogens (tertiary/aromatic N) is 1. The molecule has 4 heteroatoms. The minimum absolute atomic E-state index is 0.165. The molecule has 0 amide bonds. The normalized spacial score (nSPS) is 31.1. The Labute approximate surface area is 160 Å². The Bertz CT molecular complexity index is 852. The van der Waals surface area contributed by atoms with E-state index in [0.29, 0.717) is 11.0 Å². The number of nitro benzene ring substituents is 1. The van der Waals surface area contributed by atoms with Crippen LogP contribution in [0, 0.1) is 34.8 Å². The standard InChI is InChI=1S/C23H26N2O2/c1-15-8-21(6-7-22(15)25(26)27)24-20-4-2-19(3-5-20)23-12-16-9-17(13-23)11-18(10-16)14-23/h2-8,16-18,24H,9-14H2,1H3. The molecular weight excluding hydrogens is 336 g/mol. The van der Waals surface area contributed by atoms with Gasteiger partial charge in [-0.15, -0.1) is 0 Å². The number of nitrogens with one attached hydrogen (secondary N) is 1. The Morgan fingerprint density at radius 1 is 0.926 bits per heavy atom. The van der Waals surface area contributed by atoms with E-state index in [1.165, 1.54) is 44.1 Å². The fraction of sp³-hybridized carbons (Fsp3) is 0.478. The molecule has 2 aromatic rings. The molecule has 0 radical (unpaired) electrons. The van der Waals surface area contributed by atoms with E-state index < -0.39 is 0 Å². The van der Waals surface area contributed by atoms with Gasteiger partial charge in [-0.05, 0) is 98.4 Å². The first-order valence-electron chi connectivity index (χ1n) is 10.1. The van der Waals surface area contributed by atoms with E-state index in [9.17, 15) is 10.1 Å². The predicted molar refractivity (Wildman–Crippen MR) is 107 cm³/mol. The first-order valence-corrected chi connectivity index (χ1v) is 10.1. The Kier molecular flexibility index (Phi) is 3.78. The maximum absolute atomic E-state index is 11.0. The SMILES string of the molecule is Cc1cc(Nc2ccc(C34CC5CC(CC(C5)C3)C4)cc2)ccc1[N+](=O)[O-]. The van der Waals surface area contributed by atoms with E-state index in [1.807, 2.05) is 6.07 Å².